The first kappa shape index (κ1) is 19.7. The van der Waals surface area contributed by atoms with E-state index in [1.807, 2.05) is 11.4 Å². The molecule has 1 aliphatic rings. The third-order valence-corrected chi connectivity index (χ3v) is 4.74. The minimum Gasteiger partial charge on any atom is -0.314 e. The summed E-state index contributed by atoms with van der Waals surface area (Å²) in [6.07, 6.45) is 0. The first-order valence-corrected chi connectivity index (χ1v) is 7.94. The van der Waals surface area contributed by atoms with Crippen LogP contribution >= 0.6 is 47.8 Å². The van der Waals surface area contributed by atoms with Crippen LogP contribution in [0.5, 0.6) is 0 Å². The lowest BCUT2D eigenvalue weighted by molar-refractivity contribution is 0.197. The van der Waals surface area contributed by atoms with Crippen molar-refractivity contribution < 1.29 is 4.39 Å². The van der Waals surface area contributed by atoms with Crippen molar-refractivity contribution in [1.29, 1.82) is 0 Å². The molecule has 0 spiro atoms. The summed E-state index contributed by atoms with van der Waals surface area (Å²) in [4.78, 5) is 3.48. The average Bonchev–Trinajstić information content (AvgIpc) is 2.98. The molecule has 0 saturated carbocycles. The molecule has 1 atom stereocenters. The topological polar surface area (TPSA) is 15.3 Å². The molecule has 1 aliphatic heterocycles. The van der Waals surface area contributed by atoms with E-state index < -0.39 is 0 Å². The van der Waals surface area contributed by atoms with Gasteiger partial charge in [0.15, 0.2) is 0 Å². The van der Waals surface area contributed by atoms with Gasteiger partial charge in [-0.1, -0.05) is 17.7 Å². The lowest BCUT2D eigenvalue weighted by atomic mass is 10.0. The van der Waals surface area contributed by atoms with Gasteiger partial charge in [0.2, 0.25) is 0 Å². The van der Waals surface area contributed by atoms with Crippen molar-refractivity contribution in [3.8, 4) is 0 Å². The van der Waals surface area contributed by atoms with Crippen LogP contribution in [-0.4, -0.2) is 31.1 Å². The van der Waals surface area contributed by atoms with Crippen molar-refractivity contribution in [3.05, 3.63) is 57.0 Å². The molecule has 0 radical (unpaired) electrons. The smallest absolute Gasteiger partial charge is 0.128 e. The van der Waals surface area contributed by atoms with Crippen LogP contribution in [0.1, 0.15) is 16.5 Å². The standard InChI is InChI=1S/C15H16ClFN2S.2ClH/c16-11-3-4-13(17)12(10-11)15(14-2-1-9-20-14)19-7-5-18-6-8-19;;/h1-4,9-10,15,18H,5-8H2;2*1H/t15-;;/m1../s1. The Bertz CT molecular complexity index is 574. The third kappa shape index (κ3) is 4.34. The van der Waals surface area contributed by atoms with Gasteiger partial charge in [-0.15, -0.1) is 36.2 Å². The zero-order chi connectivity index (χ0) is 13.9. The summed E-state index contributed by atoms with van der Waals surface area (Å²) >= 11 is 7.73. The maximum atomic E-state index is 14.3. The minimum absolute atomic E-state index is 0. The Morgan fingerprint density at radius 3 is 2.55 bits per heavy atom. The molecule has 0 aliphatic carbocycles. The fourth-order valence-electron chi connectivity index (χ4n) is 2.64. The molecule has 0 amide bonds. The summed E-state index contributed by atoms with van der Waals surface area (Å²) in [6, 6.07) is 8.85. The molecule has 0 unspecified atom stereocenters. The van der Waals surface area contributed by atoms with Gasteiger partial charge in [-0.05, 0) is 29.6 Å². The van der Waals surface area contributed by atoms with Crippen molar-refractivity contribution in [2.24, 2.45) is 0 Å². The van der Waals surface area contributed by atoms with Gasteiger partial charge in [-0.2, -0.15) is 0 Å². The molecule has 1 fully saturated rings. The van der Waals surface area contributed by atoms with E-state index in [4.69, 9.17) is 11.6 Å². The molecule has 1 aromatic heterocycles. The highest BCUT2D eigenvalue weighted by atomic mass is 35.5. The van der Waals surface area contributed by atoms with E-state index in [0.29, 0.717) is 10.6 Å². The monoisotopic (exact) mass is 382 g/mol. The lowest BCUT2D eigenvalue weighted by Gasteiger charge is -2.35. The first-order chi connectivity index (χ1) is 9.75. The van der Waals surface area contributed by atoms with Gasteiger partial charge >= 0.3 is 0 Å². The number of hydrogen-bond donors (Lipinski definition) is 1. The molecule has 1 N–H and O–H groups in total. The van der Waals surface area contributed by atoms with Gasteiger partial charge in [-0.3, -0.25) is 4.90 Å². The minimum atomic E-state index is -0.189. The van der Waals surface area contributed by atoms with Crippen LogP contribution in [0.4, 0.5) is 4.39 Å². The van der Waals surface area contributed by atoms with E-state index in [1.54, 1.807) is 23.5 Å². The normalized spacial score (nSPS) is 16.5. The molecule has 1 aromatic carbocycles. The van der Waals surface area contributed by atoms with Gasteiger partial charge < -0.3 is 5.32 Å². The summed E-state index contributed by atoms with van der Waals surface area (Å²) in [5.41, 5.74) is 0.668. The molecule has 2 aromatic rings. The SMILES string of the molecule is Cl.Cl.Fc1ccc(Cl)cc1[C@H](c1cccs1)N1CCNCC1. The fraction of sp³-hybridized carbons (Fsp3) is 0.333. The van der Waals surface area contributed by atoms with Gasteiger partial charge in [0, 0.05) is 41.6 Å². The molecule has 1 saturated heterocycles. The molecular formula is C15H18Cl3FN2S. The molecule has 3 rings (SSSR count). The zero-order valence-corrected chi connectivity index (χ0v) is 15.0. The van der Waals surface area contributed by atoms with Crippen LogP contribution in [0.15, 0.2) is 35.7 Å². The maximum absolute atomic E-state index is 14.3. The Labute approximate surface area is 151 Å². The molecule has 22 heavy (non-hydrogen) atoms. The van der Waals surface area contributed by atoms with Gasteiger partial charge in [0.05, 0.1) is 6.04 Å². The number of nitrogens with one attached hydrogen (secondary N) is 1. The van der Waals surface area contributed by atoms with Gasteiger partial charge in [0.25, 0.3) is 0 Å². The highest BCUT2D eigenvalue weighted by Crippen LogP contribution is 2.34. The third-order valence-electron chi connectivity index (χ3n) is 3.58. The fourth-order valence-corrected chi connectivity index (χ4v) is 3.70. The molecule has 122 valence electrons. The summed E-state index contributed by atoms with van der Waals surface area (Å²) in [6.45, 7) is 3.69. The predicted molar refractivity (Wildman–Crippen MR) is 96.5 cm³/mol. The van der Waals surface area contributed by atoms with E-state index in [9.17, 15) is 4.39 Å². The highest BCUT2D eigenvalue weighted by molar-refractivity contribution is 7.10. The van der Waals surface area contributed by atoms with Crippen molar-refractivity contribution in [1.82, 2.24) is 10.2 Å². The molecule has 0 bridgehead atoms. The Kier molecular flexibility index (Phi) is 8.11. The Hall–Kier alpha value is -0.360. The number of piperazine rings is 1. The number of halogens is 4. The lowest BCUT2D eigenvalue weighted by Crippen LogP contribution is -2.45. The van der Waals surface area contributed by atoms with E-state index in [-0.39, 0.29) is 36.7 Å². The molecular weight excluding hydrogens is 366 g/mol. The average molecular weight is 384 g/mol. The Morgan fingerprint density at radius 1 is 1.18 bits per heavy atom. The van der Waals surface area contributed by atoms with E-state index >= 15 is 0 Å². The van der Waals surface area contributed by atoms with Crippen molar-refractivity contribution in [3.63, 3.8) is 0 Å². The quantitative estimate of drug-likeness (QED) is 0.846. The number of thiophene rings is 1. The number of hydrogen-bond acceptors (Lipinski definition) is 3. The number of benzene rings is 1. The van der Waals surface area contributed by atoms with E-state index in [1.165, 1.54) is 6.07 Å². The molecule has 2 heterocycles. The van der Waals surface area contributed by atoms with Crippen molar-refractivity contribution in [2.45, 2.75) is 6.04 Å². The summed E-state index contributed by atoms with van der Waals surface area (Å²) in [5, 5.41) is 5.95. The van der Waals surface area contributed by atoms with Crippen LogP contribution in [0.3, 0.4) is 0 Å². The molecule has 7 heteroatoms. The van der Waals surface area contributed by atoms with Crippen LogP contribution in [0, 0.1) is 5.82 Å². The van der Waals surface area contributed by atoms with Crippen molar-refractivity contribution in [2.75, 3.05) is 26.2 Å². The van der Waals surface area contributed by atoms with Crippen LogP contribution in [0.2, 0.25) is 5.02 Å². The number of nitrogens with zero attached hydrogens (tertiary/aromatic N) is 1. The van der Waals surface area contributed by atoms with Crippen LogP contribution in [-0.2, 0) is 0 Å². The largest absolute Gasteiger partial charge is 0.314 e. The summed E-state index contributed by atoms with van der Waals surface area (Å²) in [5.74, 6) is -0.189. The first-order valence-electron chi connectivity index (χ1n) is 6.69. The second-order valence-electron chi connectivity index (χ2n) is 4.87. The second-order valence-corrected chi connectivity index (χ2v) is 6.29. The predicted octanol–water partition coefficient (Wildman–Crippen LogP) is 4.38. The van der Waals surface area contributed by atoms with E-state index in [0.717, 1.165) is 31.1 Å². The Morgan fingerprint density at radius 2 is 1.91 bits per heavy atom. The van der Waals surface area contributed by atoms with Crippen LogP contribution < -0.4 is 5.32 Å². The number of rotatable bonds is 3. The zero-order valence-electron chi connectivity index (χ0n) is 11.8. The van der Waals surface area contributed by atoms with Crippen molar-refractivity contribution >= 4 is 47.8 Å². The Balaban J connectivity index is 0.00000121. The van der Waals surface area contributed by atoms with Gasteiger partial charge in [0.1, 0.15) is 5.82 Å². The van der Waals surface area contributed by atoms with Crippen LogP contribution in [0.25, 0.3) is 0 Å². The summed E-state index contributed by atoms with van der Waals surface area (Å²) < 4.78 is 14.3. The van der Waals surface area contributed by atoms with Gasteiger partial charge in [-0.25, -0.2) is 4.39 Å². The highest BCUT2D eigenvalue weighted by Gasteiger charge is 2.27. The summed E-state index contributed by atoms with van der Waals surface area (Å²) in [7, 11) is 0. The second kappa shape index (κ2) is 9.06. The van der Waals surface area contributed by atoms with E-state index in [2.05, 4.69) is 16.3 Å². The molecule has 2 nitrogen and oxygen atoms in total. The maximum Gasteiger partial charge on any atom is 0.128 e.